The average molecular weight is 438 g/mol. The minimum absolute atomic E-state index is 0.0444. The number of anilines is 1. The monoisotopic (exact) mass is 436 g/mol. The minimum atomic E-state index is -0.131. The zero-order chi connectivity index (χ0) is 18.7. The van der Waals surface area contributed by atoms with Gasteiger partial charge in [-0.1, -0.05) is 39.7 Å². The molecule has 0 spiro atoms. The number of halogens is 2. The van der Waals surface area contributed by atoms with Crippen LogP contribution in [0.15, 0.2) is 34.9 Å². The molecule has 1 aliphatic heterocycles. The Hall–Kier alpha value is -1.66. The number of carbonyl (C=O) groups excluding carboxylic acids is 1. The van der Waals surface area contributed by atoms with Crippen LogP contribution in [0.25, 0.3) is 0 Å². The lowest BCUT2D eigenvalue weighted by Crippen LogP contribution is -2.32. The Morgan fingerprint density at radius 2 is 2.15 bits per heavy atom. The first-order valence-electron chi connectivity index (χ1n) is 8.89. The molecule has 5 nitrogen and oxygen atoms in total. The highest BCUT2D eigenvalue weighted by Gasteiger charge is 2.32. The zero-order valence-corrected chi connectivity index (χ0v) is 17.3. The summed E-state index contributed by atoms with van der Waals surface area (Å²) in [5, 5.41) is 0.297. The van der Waals surface area contributed by atoms with Crippen LogP contribution in [0, 0.1) is 0 Å². The SMILES string of the molecule is CCN(CC)c1ncc(Cl)c(C(=O)N2CCCC2c2cccc(Br)c2)n1. The van der Waals surface area contributed by atoms with Crippen molar-refractivity contribution in [3.05, 3.63) is 51.2 Å². The Bertz CT molecular complexity index is 797. The normalized spacial score (nSPS) is 16.8. The number of benzene rings is 1. The highest BCUT2D eigenvalue weighted by molar-refractivity contribution is 9.10. The Labute approximate surface area is 167 Å². The summed E-state index contributed by atoms with van der Waals surface area (Å²) in [6.45, 7) is 6.32. The molecule has 7 heteroatoms. The smallest absolute Gasteiger partial charge is 0.274 e. The van der Waals surface area contributed by atoms with Crippen LogP contribution in [0.1, 0.15) is 48.8 Å². The second-order valence-corrected chi connectivity index (χ2v) is 7.57. The molecule has 0 saturated carbocycles. The maximum atomic E-state index is 13.2. The molecule has 26 heavy (non-hydrogen) atoms. The van der Waals surface area contributed by atoms with Gasteiger partial charge in [-0.25, -0.2) is 9.97 Å². The van der Waals surface area contributed by atoms with Crippen molar-refractivity contribution in [3.8, 4) is 0 Å². The molecule has 0 N–H and O–H groups in total. The summed E-state index contributed by atoms with van der Waals surface area (Å²) in [7, 11) is 0. The van der Waals surface area contributed by atoms with Gasteiger partial charge in [0.15, 0.2) is 5.69 Å². The van der Waals surface area contributed by atoms with Gasteiger partial charge in [0.05, 0.1) is 17.3 Å². The lowest BCUT2D eigenvalue weighted by molar-refractivity contribution is 0.0729. The largest absolute Gasteiger partial charge is 0.341 e. The van der Waals surface area contributed by atoms with Crippen molar-refractivity contribution in [2.75, 3.05) is 24.5 Å². The lowest BCUT2D eigenvalue weighted by Gasteiger charge is -2.26. The number of aromatic nitrogens is 2. The number of amides is 1. The van der Waals surface area contributed by atoms with E-state index in [0.717, 1.165) is 36.0 Å². The standard InChI is InChI=1S/C19H22BrClN4O/c1-3-24(4-2)19-22-12-15(21)17(23-19)18(26)25-10-6-9-16(25)13-7-5-8-14(20)11-13/h5,7-8,11-12,16H,3-4,6,9-10H2,1-2H3. The maximum absolute atomic E-state index is 13.2. The third-order valence-electron chi connectivity index (χ3n) is 4.73. The van der Waals surface area contributed by atoms with E-state index in [-0.39, 0.29) is 17.6 Å². The molecule has 1 aromatic heterocycles. The van der Waals surface area contributed by atoms with Crippen LogP contribution < -0.4 is 4.90 Å². The molecule has 138 valence electrons. The van der Waals surface area contributed by atoms with Gasteiger partial charge in [-0.3, -0.25) is 4.79 Å². The molecular weight excluding hydrogens is 416 g/mol. The molecule has 1 atom stereocenters. The average Bonchev–Trinajstić information content (AvgIpc) is 3.13. The van der Waals surface area contributed by atoms with Gasteiger partial charge in [-0.15, -0.1) is 0 Å². The van der Waals surface area contributed by atoms with Gasteiger partial charge in [-0.2, -0.15) is 0 Å². The molecular formula is C19H22BrClN4O. The van der Waals surface area contributed by atoms with Crippen molar-refractivity contribution in [3.63, 3.8) is 0 Å². The van der Waals surface area contributed by atoms with Gasteiger partial charge in [0.1, 0.15) is 0 Å². The first-order chi connectivity index (χ1) is 12.5. The van der Waals surface area contributed by atoms with Gasteiger partial charge < -0.3 is 9.80 Å². The Balaban J connectivity index is 1.92. The van der Waals surface area contributed by atoms with E-state index in [4.69, 9.17) is 11.6 Å². The highest BCUT2D eigenvalue weighted by atomic mass is 79.9. The van der Waals surface area contributed by atoms with Crippen molar-refractivity contribution < 1.29 is 4.79 Å². The van der Waals surface area contributed by atoms with Crippen molar-refractivity contribution in [1.29, 1.82) is 0 Å². The predicted octanol–water partition coefficient (Wildman–Crippen LogP) is 4.72. The summed E-state index contributed by atoms with van der Waals surface area (Å²) in [5.41, 5.74) is 1.41. The molecule has 1 aliphatic rings. The van der Waals surface area contributed by atoms with Crippen molar-refractivity contribution >= 4 is 39.4 Å². The van der Waals surface area contributed by atoms with E-state index >= 15 is 0 Å². The number of likely N-dealkylation sites (tertiary alicyclic amines) is 1. The van der Waals surface area contributed by atoms with Crippen LogP contribution >= 0.6 is 27.5 Å². The second kappa shape index (κ2) is 8.35. The minimum Gasteiger partial charge on any atom is -0.341 e. The fourth-order valence-electron chi connectivity index (χ4n) is 3.37. The number of hydrogen-bond acceptors (Lipinski definition) is 4. The molecule has 2 aromatic rings. The quantitative estimate of drug-likeness (QED) is 0.679. The van der Waals surface area contributed by atoms with Crippen LogP contribution in [-0.4, -0.2) is 40.4 Å². The first kappa shape index (κ1) is 19.1. The number of nitrogens with zero attached hydrogens (tertiary/aromatic N) is 4. The Morgan fingerprint density at radius 3 is 2.85 bits per heavy atom. The number of hydrogen-bond donors (Lipinski definition) is 0. The summed E-state index contributed by atoms with van der Waals surface area (Å²) >= 11 is 9.79. The molecule has 1 saturated heterocycles. The summed E-state index contributed by atoms with van der Waals surface area (Å²) in [5.74, 6) is 0.411. The summed E-state index contributed by atoms with van der Waals surface area (Å²) in [4.78, 5) is 25.9. The highest BCUT2D eigenvalue weighted by Crippen LogP contribution is 2.34. The number of rotatable bonds is 5. The molecule has 0 radical (unpaired) electrons. The third kappa shape index (κ3) is 3.86. The van der Waals surface area contributed by atoms with Crippen molar-refractivity contribution in [1.82, 2.24) is 14.9 Å². The van der Waals surface area contributed by atoms with E-state index in [0.29, 0.717) is 17.5 Å². The van der Waals surface area contributed by atoms with E-state index in [2.05, 4.69) is 38.0 Å². The molecule has 0 aliphatic carbocycles. The molecule has 1 fully saturated rings. The Morgan fingerprint density at radius 1 is 1.38 bits per heavy atom. The van der Waals surface area contributed by atoms with Crippen LogP contribution in [0.3, 0.4) is 0 Å². The zero-order valence-electron chi connectivity index (χ0n) is 15.0. The third-order valence-corrected chi connectivity index (χ3v) is 5.50. The molecule has 1 amide bonds. The van der Waals surface area contributed by atoms with Crippen LogP contribution in [0.4, 0.5) is 5.95 Å². The van der Waals surface area contributed by atoms with Crippen molar-refractivity contribution in [2.24, 2.45) is 0 Å². The molecule has 0 bridgehead atoms. The molecule has 2 heterocycles. The van der Waals surface area contributed by atoms with Gasteiger partial charge in [-0.05, 0) is 44.4 Å². The van der Waals surface area contributed by atoms with Gasteiger partial charge in [0, 0.05) is 24.1 Å². The van der Waals surface area contributed by atoms with E-state index in [1.165, 1.54) is 6.20 Å². The Kier molecular flexibility index (Phi) is 6.14. The first-order valence-corrected chi connectivity index (χ1v) is 10.1. The van der Waals surface area contributed by atoms with Crippen LogP contribution in [0.2, 0.25) is 5.02 Å². The van der Waals surface area contributed by atoms with E-state index in [1.807, 2.05) is 35.8 Å². The fourth-order valence-corrected chi connectivity index (χ4v) is 3.96. The van der Waals surface area contributed by atoms with E-state index in [1.54, 1.807) is 0 Å². The van der Waals surface area contributed by atoms with Gasteiger partial charge >= 0.3 is 0 Å². The van der Waals surface area contributed by atoms with Gasteiger partial charge in [0.25, 0.3) is 5.91 Å². The fraction of sp³-hybridized carbons (Fsp3) is 0.421. The molecule has 3 rings (SSSR count). The van der Waals surface area contributed by atoms with Crippen molar-refractivity contribution in [2.45, 2.75) is 32.7 Å². The maximum Gasteiger partial charge on any atom is 0.274 e. The second-order valence-electron chi connectivity index (χ2n) is 6.25. The summed E-state index contributed by atoms with van der Waals surface area (Å²) in [6.07, 6.45) is 3.43. The van der Waals surface area contributed by atoms with Crippen LogP contribution in [0.5, 0.6) is 0 Å². The molecule has 1 aromatic carbocycles. The topological polar surface area (TPSA) is 49.3 Å². The predicted molar refractivity (Wildman–Crippen MR) is 108 cm³/mol. The summed E-state index contributed by atoms with van der Waals surface area (Å²) in [6, 6.07) is 8.16. The summed E-state index contributed by atoms with van der Waals surface area (Å²) < 4.78 is 1.01. The van der Waals surface area contributed by atoms with E-state index < -0.39 is 0 Å². The molecule has 1 unspecified atom stereocenters. The number of carbonyl (C=O) groups is 1. The van der Waals surface area contributed by atoms with Crippen LogP contribution in [-0.2, 0) is 0 Å². The lowest BCUT2D eigenvalue weighted by atomic mass is 10.0. The van der Waals surface area contributed by atoms with E-state index in [9.17, 15) is 4.79 Å². The van der Waals surface area contributed by atoms with Gasteiger partial charge in [0.2, 0.25) is 5.95 Å².